The second-order valence-corrected chi connectivity index (χ2v) is 10.2. The highest BCUT2D eigenvalue weighted by Gasteiger charge is 2.41. The number of thiazole rings is 1. The first-order chi connectivity index (χ1) is 12.4. The summed E-state index contributed by atoms with van der Waals surface area (Å²) in [6.45, 7) is 1.94. The highest BCUT2D eigenvalue weighted by molar-refractivity contribution is 7.89. The third kappa shape index (κ3) is 3.58. The lowest BCUT2D eigenvalue weighted by molar-refractivity contribution is 0.125. The van der Waals surface area contributed by atoms with Gasteiger partial charge in [0, 0.05) is 28.7 Å². The van der Waals surface area contributed by atoms with E-state index in [2.05, 4.69) is 9.71 Å². The van der Waals surface area contributed by atoms with Crippen molar-refractivity contribution in [1.82, 2.24) is 9.71 Å². The van der Waals surface area contributed by atoms with Crippen molar-refractivity contribution in [1.29, 1.82) is 0 Å². The van der Waals surface area contributed by atoms with Gasteiger partial charge in [0.05, 0.1) is 4.90 Å². The first-order valence-corrected chi connectivity index (χ1v) is 11.6. The third-order valence-electron chi connectivity index (χ3n) is 5.68. The van der Waals surface area contributed by atoms with Crippen molar-refractivity contribution in [2.75, 3.05) is 0 Å². The Kier molecular flexibility index (Phi) is 4.90. The molecule has 2 fully saturated rings. The number of nitrogens with zero attached hydrogens (tertiary/aromatic N) is 1. The number of benzene rings is 1. The van der Waals surface area contributed by atoms with E-state index in [1.165, 1.54) is 17.8 Å². The predicted molar refractivity (Wildman–Crippen MR) is 104 cm³/mol. The molecule has 0 spiro atoms. The zero-order valence-corrected chi connectivity index (χ0v) is 16.5. The van der Waals surface area contributed by atoms with E-state index in [0.29, 0.717) is 16.7 Å². The Hall–Kier alpha value is -1.28. The summed E-state index contributed by atoms with van der Waals surface area (Å²) < 4.78 is 29.1. The number of fused-ring (bicyclic) bond motifs is 2. The second-order valence-electron chi connectivity index (χ2n) is 7.65. The first-order valence-electron chi connectivity index (χ1n) is 9.23. The Morgan fingerprint density at radius 1 is 1.23 bits per heavy atom. The number of aryl methyl sites for hydroxylation is 1. The highest BCUT2D eigenvalue weighted by atomic mass is 32.2. The molecule has 2 bridgehead atoms. The number of nitrogens with one attached hydrogen (secondary N) is 1. The van der Waals surface area contributed by atoms with Crippen molar-refractivity contribution < 1.29 is 8.42 Å². The molecule has 0 radical (unpaired) electrons. The summed E-state index contributed by atoms with van der Waals surface area (Å²) in [6.07, 6.45) is 5.15. The number of rotatable bonds is 4. The lowest BCUT2D eigenvalue weighted by atomic mass is 9.67. The SMILES string of the molecule is Cc1csc(-c2cccc(S(=O)(=O)NC3C4CCCC3CC(N)C4)c2)n1. The van der Waals surface area contributed by atoms with Crippen molar-refractivity contribution in [2.45, 2.75) is 56.0 Å². The molecule has 5 nitrogen and oxygen atoms in total. The topological polar surface area (TPSA) is 85.1 Å². The normalized spacial score (nSPS) is 28.8. The van der Waals surface area contributed by atoms with Gasteiger partial charge >= 0.3 is 0 Å². The molecule has 2 saturated carbocycles. The molecule has 0 aliphatic heterocycles. The molecule has 0 saturated heterocycles. The minimum absolute atomic E-state index is 0.0133. The van der Waals surface area contributed by atoms with E-state index < -0.39 is 10.0 Å². The summed E-state index contributed by atoms with van der Waals surface area (Å²) in [7, 11) is -3.56. The highest BCUT2D eigenvalue weighted by Crippen LogP contribution is 2.40. The fourth-order valence-electron chi connectivity index (χ4n) is 4.51. The Morgan fingerprint density at radius 2 is 1.96 bits per heavy atom. The number of sulfonamides is 1. The molecule has 4 rings (SSSR count). The van der Waals surface area contributed by atoms with Gasteiger partial charge in [-0.15, -0.1) is 11.3 Å². The van der Waals surface area contributed by atoms with Crippen molar-refractivity contribution in [3.05, 3.63) is 35.3 Å². The molecule has 7 heteroatoms. The molecule has 0 amide bonds. The van der Waals surface area contributed by atoms with Crippen LogP contribution in [0.1, 0.15) is 37.8 Å². The van der Waals surface area contributed by atoms with Gasteiger partial charge in [0.15, 0.2) is 0 Å². The molecule has 1 aromatic heterocycles. The van der Waals surface area contributed by atoms with Crippen LogP contribution in [0.4, 0.5) is 0 Å². The summed E-state index contributed by atoms with van der Waals surface area (Å²) in [5, 5.41) is 2.82. The average Bonchev–Trinajstić information content (AvgIpc) is 3.02. The maximum atomic E-state index is 13.0. The van der Waals surface area contributed by atoms with E-state index in [1.54, 1.807) is 18.2 Å². The van der Waals surface area contributed by atoms with E-state index in [4.69, 9.17) is 5.73 Å². The molecule has 1 aromatic carbocycles. The number of aromatic nitrogens is 1. The molecular weight excluding hydrogens is 366 g/mol. The van der Waals surface area contributed by atoms with Gasteiger partial charge in [-0.1, -0.05) is 18.6 Å². The molecular formula is C19H25N3O2S2. The van der Waals surface area contributed by atoms with E-state index in [0.717, 1.165) is 41.9 Å². The smallest absolute Gasteiger partial charge is 0.240 e. The maximum absolute atomic E-state index is 13.0. The standard InChI is InChI=1S/C19H25N3O2S2/c1-12-11-25-19(21-12)15-6-3-7-17(10-15)26(23,24)22-18-13-4-2-5-14(18)9-16(20)8-13/h3,6-7,10-11,13-14,16,18,22H,2,4-5,8-9,20H2,1H3. The van der Waals surface area contributed by atoms with Crippen LogP contribution in [0.25, 0.3) is 10.6 Å². The van der Waals surface area contributed by atoms with Crippen molar-refractivity contribution in [2.24, 2.45) is 17.6 Å². The predicted octanol–water partition coefficient (Wildman–Crippen LogP) is 3.30. The van der Waals surface area contributed by atoms with Crippen molar-refractivity contribution in [3.8, 4) is 10.6 Å². The van der Waals surface area contributed by atoms with Crippen LogP contribution in [0.3, 0.4) is 0 Å². The zero-order valence-electron chi connectivity index (χ0n) is 14.9. The zero-order chi connectivity index (χ0) is 18.3. The van der Waals surface area contributed by atoms with Gasteiger partial charge in [-0.25, -0.2) is 18.1 Å². The number of hydrogen-bond donors (Lipinski definition) is 2. The average molecular weight is 392 g/mol. The Morgan fingerprint density at radius 3 is 2.62 bits per heavy atom. The van der Waals surface area contributed by atoms with Crippen LogP contribution in [0.2, 0.25) is 0 Å². The second kappa shape index (κ2) is 7.03. The van der Waals surface area contributed by atoms with Gasteiger partial charge in [0.1, 0.15) is 5.01 Å². The fourth-order valence-corrected chi connectivity index (χ4v) is 6.73. The van der Waals surface area contributed by atoms with Crippen LogP contribution in [-0.4, -0.2) is 25.5 Å². The molecule has 2 unspecified atom stereocenters. The molecule has 2 aliphatic rings. The Balaban J connectivity index is 1.59. The van der Waals surface area contributed by atoms with Gasteiger partial charge < -0.3 is 5.73 Å². The van der Waals surface area contributed by atoms with Crippen LogP contribution in [-0.2, 0) is 10.0 Å². The molecule has 2 aromatic rings. The summed E-state index contributed by atoms with van der Waals surface area (Å²) in [5.41, 5.74) is 7.96. The molecule has 2 aliphatic carbocycles. The third-order valence-corrected chi connectivity index (χ3v) is 8.14. The van der Waals surface area contributed by atoms with Crippen LogP contribution in [0.15, 0.2) is 34.5 Å². The van der Waals surface area contributed by atoms with Gasteiger partial charge in [0.25, 0.3) is 0 Å². The molecule has 3 N–H and O–H groups in total. The van der Waals surface area contributed by atoms with Crippen LogP contribution >= 0.6 is 11.3 Å². The molecule has 2 atom stereocenters. The van der Waals surface area contributed by atoms with Crippen LogP contribution in [0, 0.1) is 18.8 Å². The number of hydrogen-bond acceptors (Lipinski definition) is 5. The van der Waals surface area contributed by atoms with E-state index in [9.17, 15) is 8.42 Å². The minimum Gasteiger partial charge on any atom is -0.328 e. The van der Waals surface area contributed by atoms with Crippen LogP contribution in [0.5, 0.6) is 0 Å². The molecule has 140 valence electrons. The van der Waals surface area contributed by atoms with E-state index >= 15 is 0 Å². The summed E-state index contributed by atoms with van der Waals surface area (Å²) in [5.74, 6) is 0.717. The lowest BCUT2D eigenvalue weighted by Crippen LogP contribution is -2.53. The summed E-state index contributed by atoms with van der Waals surface area (Å²) >= 11 is 1.53. The maximum Gasteiger partial charge on any atom is 0.240 e. The largest absolute Gasteiger partial charge is 0.328 e. The van der Waals surface area contributed by atoms with E-state index in [1.807, 2.05) is 18.4 Å². The molecule has 26 heavy (non-hydrogen) atoms. The Labute approximate surface area is 159 Å². The summed E-state index contributed by atoms with van der Waals surface area (Å²) in [4.78, 5) is 4.78. The van der Waals surface area contributed by atoms with Crippen molar-refractivity contribution >= 4 is 21.4 Å². The van der Waals surface area contributed by atoms with Gasteiger partial charge in [0.2, 0.25) is 10.0 Å². The van der Waals surface area contributed by atoms with Gasteiger partial charge in [-0.05, 0) is 56.6 Å². The quantitative estimate of drug-likeness (QED) is 0.837. The van der Waals surface area contributed by atoms with Crippen molar-refractivity contribution in [3.63, 3.8) is 0 Å². The monoisotopic (exact) mass is 391 g/mol. The molecule has 1 heterocycles. The van der Waals surface area contributed by atoms with Gasteiger partial charge in [-0.2, -0.15) is 0 Å². The first kappa shape index (κ1) is 18.1. The van der Waals surface area contributed by atoms with Crippen LogP contribution < -0.4 is 10.5 Å². The summed E-state index contributed by atoms with van der Waals surface area (Å²) in [6, 6.07) is 7.31. The van der Waals surface area contributed by atoms with Gasteiger partial charge in [-0.3, -0.25) is 0 Å². The number of nitrogens with two attached hydrogens (primary N) is 1. The minimum atomic E-state index is -3.56. The van der Waals surface area contributed by atoms with E-state index in [-0.39, 0.29) is 12.1 Å². The fraction of sp³-hybridized carbons (Fsp3) is 0.526. The Bertz CT molecular complexity index is 880. The lowest BCUT2D eigenvalue weighted by Gasteiger charge is -2.45.